The molecule has 0 bridgehead atoms. The Morgan fingerprint density at radius 1 is 1.05 bits per heavy atom. The van der Waals surface area contributed by atoms with Gasteiger partial charge >= 0.3 is 0 Å². The number of hydrogen-bond donors (Lipinski definition) is 1. The number of hydrogen-bond acceptors (Lipinski definition) is 5. The molecule has 1 aromatic carbocycles. The van der Waals surface area contributed by atoms with E-state index in [9.17, 15) is 0 Å². The van der Waals surface area contributed by atoms with Crippen molar-refractivity contribution in [3.05, 3.63) is 42.5 Å². The van der Waals surface area contributed by atoms with Gasteiger partial charge in [-0.1, -0.05) is 32.0 Å². The van der Waals surface area contributed by atoms with Crippen molar-refractivity contribution in [2.75, 3.05) is 24.7 Å². The predicted molar refractivity (Wildman–Crippen MR) is 78.8 cm³/mol. The Balaban J connectivity index is -0.000000255. The zero-order valence-electron chi connectivity index (χ0n) is 13.0. The minimum atomic E-state index is 0. The Morgan fingerprint density at radius 3 is 1.81 bits per heavy atom. The van der Waals surface area contributed by atoms with Crippen LogP contribution in [0, 0.1) is 89.3 Å². The van der Waals surface area contributed by atoms with Crippen molar-refractivity contribution < 1.29 is 69.7 Å². The fourth-order valence-corrected chi connectivity index (χ4v) is 0.974. The van der Waals surface area contributed by atoms with E-state index in [2.05, 4.69) is 27.6 Å². The molecule has 2 aromatic rings. The van der Waals surface area contributed by atoms with Gasteiger partial charge in [0.2, 0.25) is 0 Å². The molecule has 0 aliphatic rings. The molecule has 0 saturated heterocycles. The molecular weight excluding hydrogens is 635 g/mol. The smallest absolute Gasteiger partial charge is 0.0343 e. The molecule has 0 fully saturated rings. The summed E-state index contributed by atoms with van der Waals surface area (Å²) in [5, 5.41) is 0. The van der Waals surface area contributed by atoms with Gasteiger partial charge in [-0.05, 0) is 38.6 Å². The van der Waals surface area contributed by atoms with Crippen LogP contribution in [-0.4, -0.2) is 29.0 Å². The van der Waals surface area contributed by atoms with E-state index >= 15 is 0 Å². The van der Waals surface area contributed by atoms with Gasteiger partial charge in [0.1, 0.15) is 0 Å². The molecule has 0 aliphatic carbocycles. The van der Waals surface area contributed by atoms with Crippen molar-refractivity contribution in [2.24, 2.45) is 0 Å². The van der Waals surface area contributed by atoms with Crippen LogP contribution in [0.2, 0.25) is 0 Å². The number of nitrogens with zero attached hydrogens (tertiary/aromatic N) is 4. The largest absolute Gasteiger partial charge is 0.505 e. The zero-order valence-corrected chi connectivity index (χ0v) is 19.3. The van der Waals surface area contributed by atoms with E-state index in [4.69, 9.17) is 5.73 Å². The Bertz CT molecular complexity index is 433. The van der Waals surface area contributed by atoms with Crippen LogP contribution in [0.15, 0.2) is 24.3 Å². The first-order valence-corrected chi connectivity index (χ1v) is 6.08. The van der Waals surface area contributed by atoms with Crippen LogP contribution in [0.25, 0.3) is 0 Å². The molecule has 0 saturated carbocycles. The molecule has 2 rings (SSSR count). The summed E-state index contributed by atoms with van der Waals surface area (Å²) in [5.74, 6) is 0.574. The molecule has 0 spiro atoms. The van der Waals surface area contributed by atoms with Crippen LogP contribution < -0.4 is 10.6 Å². The first kappa shape index (κ1) is 26.1. The molecular formula is C14H21N5TbU-2. The number of nitrogens with two attached hydrogens (primary N) is 1. The second-order valence-electron chi connectivity index (χ2n) is 3.59. The molecule has 0 aliphatic heterocycles. The molecule has 1 aromatic heterocycles. The van der Waals surface area contributed by atoms with E-state index in [0.29, 0.717) is 5.95 Å². The molecule has 7 heteroatoms. The average Bonchev–Trinajstić information content (AvgIpc) is 2.46. The van der Waals surface area contributed by atoms with E-state index in [1.54, 1.807) is 4.90 Å². The minimum absolute atomic E-state index is 0. The summed E-state index contributed by atoms with van der Waals surface area (Å²) >= 11 is 0. The van der Waals surface area contributed by atoms with Gasteiger partial charge in [0, 0.05) is 75.4 Å². The van der Waals surface area contributed by atoms with Crippen LogP contribution in [0.3, 0.4) is 0 Å². The van der Waals surface area contributed by atoms with E-state index in [0.717, 1.165) is 11.3 Å². The quantitative estimate of drug-likeness (QED) is 0.377. The molecule has 5 nitrogen and oxygen atoms in total. The van der Waals surface area contributed by atoms with Crippen molar-refractivity contribution >= 4 is 11.6 Å². The summed E-state index contributed by atoms with van der Waals surface area (Å²) in [6, 6.07) is 7.80. The van der Waals surface area contributed by atoms with Crippen molar-refractivity contribution in [2.45, 2.75) is 20.8 Å². The third-order valence-electron chi connectivity index (χ3n) is 1.99. The van der Waals surface area contributed by atoms with Crippen molar-refractivity contribution in [3.63, 3.8) is 0 Å². The number of anilines is 2. The maximum Gasteiger partial charge on any atom is 0.0343 e. The van der Waals surface area contributed by atoms with Crippen molar-refractivity contribution in [1.29, 1.82) is 0 Å². The van der Waals surface area contributed by atoms with Gasteiger partial charge in [-0.3, -0.25) is 0 Å². The van der Waals surface area contributed by atoms with Crippen LogP contribution in [-0.2, 0) is 0 Å². The Labute approximate surface area is 182 Å². The topological polar surface area (TPSA) is 67.9 Å². The van der Waals surface area contributed by atoms with Crippen molar-refractivity contribution in [1.82, 2.24) is 15.0 Å². The van der Waals surface area contributed by atoms with Gasteiger partial charge in [-0.25, -0.2) is 0 Å². The Hall–Kier alpha value is 0.168. The SMILES string of the molecule is CC.CN(C)c1n[c-]n[c-]n1.Cc1ccccc1N.[Tb].[U]. The van der Waals surface area contributed by atoms with Gasteiger partial charge < -0.3 is 25.6 Å². The van der Waals surface area contributed by atoms with Gasteiger partial charge in [0.25, 0.3) is 0 Å². The standard InChI is InChI=1S/C7H9N.C5H6N4.C2H6.Tb.U/c1-6-4-2-3-5-7(6)8;1-9(2)5-7-3-6-4-8-5;1-2;;/h2-5H,8H2,1H3;1-2H3;1-2H3;;/q;-2;;;. The number of aromatic nitrogens is 3. The summed E-state index contributed by atoms with van der Waals surface area (Å²) in [5.41, 5.74) is 7.53. The normalized spacial score (nSPS) is 7.67. The molecule has 1 heterocycles. The molecule has 1 radical (unpaired) electrons. The fraction of sp³-hybridized carbons (Fsp3) is 0.357. The molecule has 2 N–H and O–H groups in total. The number of benzene rings is 1. The zero-order chi connectivity index (χ0) is 14.7. The molecule has 0 unspecified atom stereocenters. The molecule has 0 atom stereocenters. The summed E-state index contributed by atoms with van der Waals surface area (Å²) < 4.78 is 0. The van der Waals surface area contributed by atoms with Crippen LogP contribution in [0.5, 0.6) is 0 Å². The van der Waals surface area contributed by atoms with Crippen molar-refractivity contribution in [3.8, 4) is 0 Å². The van der Waals surface area contributed by atoms with E-state index in [-0.39, 0.29) is 69.7 Å². The van der Waals surface area contributed by atoms with E-state index in [1.165, 1.54) is 0 Å². The average molecular weight is 656 g/mol. The fourth-order valence-electron chi connectivity index (χ4n) is 0.974. The van der Waals surface area contributed by atoms with E-state index in [1.807, 2.05) is 59.1 Å². The number of nitrogen functional groups attached to an aromatic ring is 1. The van der Waals surface area contributed by atoms with Gasteiger partial charge in [-0.15, -0.1) is 0 Å². The second-order valence-corrected chi connectivity index (χ2v) is 3.59. The third-order valence-corrected chi connectivity index (χ3v) is 1.99. The summed E-state index contributed by atoms with van der Waals surface area (Å²) in [7, 11) is 3.69. The van der Waals surface area contributed by atoms with Crippen LogP contribution >= 0.6 is 0 Å². The van der Waals surface area contributed by atoms with Crippen LogP contribution in [0.1, 0.15) is 19.4 Å². The number of rotatable bonds is 1. The Morgan fingerprint density at radius 2 is 1.52 bits per heavy atom. The number of para-hydroxylation sites is 1. The Kier molecular flexibility index (Phi) is 20.5. The van der Waals surface area contributed by atoms with Gasteiger partial charge in [0.15, 0.2) is 0 Å². The maximum atomic E-state index is 5.52. The molecule has 21 heavy (non-hydrogen) atoms. The molecule has 117 valence electrons. The monoisotopic (exact) mass is 656 g/mol. The summed E-state index contributed by atoms with van der Waals surface area (Å²) in [6.45, 7) is 6.00. The van der Waals surface area contributed by atoms with Gasteiger partial charge in [0.05, 0.1) is 0 Å². The first-order chi connectivity index (χ1) is 9.11. The molecule has 0 amide bonds. The predicted octanol–water partition coefficient (Wildman–Crippen LogP) is 2.14. The summed E-state index contributed by atoms with van der Waals surface area (Å²) in [4.78, 5) is 12.6. The maximum absolute atomic E-state index is 5.52. The second kappa shape index (κ2) is 16.5. The van der Waals surface area contributed by atoms with E-state index < -0.39 is 0 Å². The number of aryl methyl sites for hydroxylation is 1. The van der Waals surface area contributed by atoms with Gasteiger partial charge in [-0.2, -0.15) is 12.7 Å². The van der Waals surface area contributed by atoms with Crippen LogP contribution in [0.4, 0.5) is 11.6 Å². The minimum Gasteiger partial charge on any atom is -0.505 e. The first-order valence-electron chi connectivity index (χ1n) is 6.08. The third kappa shape index (κ3) is 12.4. The summed E-state index contributed by atoms with van der Waals surface area (Å²) in [6.07, 6.45) is 4.77.